The lowest BCUT2D eigenvalue weighted by atomic mass is 10.4. The number of anilines is 1. The van der Waals surface area contributed by atoms with Crippen LogP contribution in [0.1, 0.15) is 5.69 Å². The third kappa shape index (κ3) is 3.08. The Kier molecular flexibility index (Phi) is 3.96. The smallest absolute Gasteiger partial charge is 0.225 e. The molecule has 0 radical (unpaired) electrons. The topological polar surface area (TPSA) is 86.0 Å². The highest BCUT2D eigenvalue weighted by Gasteiger charge is 2.05. The Morgan fingerprint density at radius 2 is 2.17 bits per heavy atom. The zero-order valence-electron chi connectivity index (χ0n) is 10.0. The summed E-state index contributed by atoms with van der Waals surface area (Å²) >= 11 is 1.41. The van der Waals surface area contributed by atoms with Gasteiger partial charge in [0, 0.05) is 11.8 Å². The lowest BCUT2D eigenvalue weighted by Gasteiger charge is -2.07. The maximum Gasteiger partial charge on any atom is 0.225 e. The van der Waals surface area contributed by atoms with Crippen LogP contribution in [0.15, 0.2) is 29.6 Å². The minimum Gasteiger partial charge on any atom is -0.437 e. The minimum atomic E-state index is 0.424. The average molecular weight is 263 g/mol. The largest absolute Gasteiger partial charge is 0.437 e. The van der Waals surface area contributed by atoms with E-state index < -0.39 is 0 Å². The van der Waals surface area contributed by atoms with Crippen molar-refractivity contribution in [2.45, 2.75) is 12.1 Å². The average Bonchev–Trinajstić information content (AvgIpc) is 2.41. The third-order valence-electron chi connectivity index (χ3n) is 2.12. The maximum atomic E-state index is 5.60. The van der Waals surface area contributed by atoms with E-state index >= 15 is 0 Å². The van der Waals surface area contributed by atoms with E-state index in [9.17, 15) is 0 Å². The van der Waals surface area contributed by atoms with E-state index in [2.05, 4.69) is 20.4 Å². The molecule has 2 aromatic rings. The quantitative estimate of drug-likeness (QED) is 0.377. The number of pyridine rings is 1. The first-order valence-corrected chi connectivity index (χ1v) is 6.44. The van der Waals surface area contributed by atoms with Crippen LogP contribution in [0.5, 0.6) is 11.6 Å². The van der Waals surface area contributed by atoms with Gasteiger partial charge in [0.15, 0.2) is 5.16 Å². The maximum absolute atomic E-state index is 5.60. The van der Waals surface area contributed by atoms with Gasteiger partial charge in [-0.3, -0.25) is 4.98 Å². The second kappa shape index (κ2) is 5.65. The number of nitrogens with zero attached hydrogens (tertiary/aromatic N) is 3. The van der Waals surface area contributed by atoms with Crippen molar-refractivity contribution in [1.82, 2.24) is 15.0 Å². The number of hydrogen-bond acceptors (Lipinski definition) is 7. The highest BCUT2D eigenvalue weighted by atomic mass is 32.2. The van der Waals surface area contributed by atoms with E-state index in [4.69, 9.17) is 10.6 Å². The van der Waals surface area contributed by atoms with Gasteiger partial charge in [0.1, 0.15) is 11.6 Å². The van der Waals surface area contributed by atoms with E-state index in [1.807, 2.05) is 25.3 Å². The zero-order valence-corrected chi connectivity index (χ0v) is 10.9. The SMILES string of the molecule is CSc1nc(NN)cc(Oc2ccc(C)nc2)n1. The fourth-order valence-electron chi connectivity index (χ4n) is 1.26. The monoisotopic (exact) mass is 263 g/mol. The van der Waals surface area contributed by atoms with E-state index in [-0.39, 0.29) is 0 Å². The van der Waals surface area contributed by atoms with Crippen LogP contribution in [0.4, 0.5) is 5.82 Å². The summed E-state index contributed by atoms with van der Waals surface area (Å²) < 4.78 is 5.60. The molecular formula is C11H13N5OS. The van der Waals surface area contributed by atoms with Crippen molar-refractivity contribution in [3.63, 3.8) is 0 Å². The van der Waals surface area contributed by atoms with Crippen LogP contribution in [0.25, 0.3) is 0 Å². The first kappa shape index (κ1) is 12.6. The van der Waals surface area contributed by atoms with E-state index in [1.54, 1.807) is 12.3 Å². The number of rotatable bonds is 4. The number of ether oxygens (including phenoxy) is 1. The highest BCUT2D eigenvalue weighted by molar-refractivity contribution is 7.98. The van der Waals surface area contributed by atoms with E-state index in [1.165, 1.54) is 11.8 Å². The molecule has 18 heavy (non-hydrogen) atoms. The molecule has 0 atom stereocenters. The standard InChI is InChI=1S/C11H13N5OS/c1-7-3-4-8(6-13-7)17-10-5-9(16-12)14-11(15-10)18-2/h3-6H,12H2,1-2H3,(H,14,15,16). The molecule has 0 spiro atoms. The predicted octanol–water partition coefficient (Wildman–Crippen LogP) is 1.98. The molecule has 0 aliphatic rings. The molecule has 0 amide bonds. The van der Waals surface area contributed by atoms with Crippen LogP contribution >= 0.6 is 11.8 Å². The Hall–Kier alpha value is -1.86. The van der Waals surface area contributed by atoms with Gasteiger partial charge in [-0.25, -0.2) is 10.8 Å². The molecule has 0 bridgehead atoms. The van der Waals surface area contributed by atoms with Gasteiger partial charge in [-0.1, -0.05) is 11.8 Å². The molecule has 0 aromatic carbocycles. The highest BCUT2D eigenvalue weighted by Crippen LogP contribution is 2.23. The second-order valence-electron chi connectivity index (χ2n) is 3.46. The van der Waals surface area contributed by atoms with Crippen LogP contribution in [0, 0.1) is 6.92 Å². The van der Waals surface area contributed by atoms with Crippen molar-refractivity contribution in [3.05, 3.63) is 30.1 Å². The van der Waals surface area contributed by atoms with Crippen molar-refractivity contribution in [2.75, 3.05) is 11.7 Å². The molecule has 2 aromatic heterocycles. The van der Waals surface area contributed by atoms with Gasteiger partial charge in [-0.05, 0) is 25.3 Å². The van der Waals surface area contributed by atoms with Crippen molar-refractivity contribution >= 4 is 17.6 Å². The fraction of sp³-hybridized carbons (Fsp3) is 0.182. The number of aryl methyl sites for hydroxylation is 1. The van der Waals surface area contributed by atoms with Gasteiger partial charge in [-0.2, -0.15) is 4.98 Å². The molecule has 0 fully saturated rings. The van der Waals surface area contributed by atoms with Crippen molar-refractivity contribution < 1.29 is 4.74 Å². The number of aromatic nitrogens is 3. The Balaban J connectivity index is 2.25. The number of nitrogen functional groups attached to an aromatic ring is 1. The molecular weight excluding hydrogens is 250 g/mol. The first-order valence-electron chi connectivity index (χ1n) is 5.21. The van der Waals surface area contributed by atoms with Crippen LogP contribution in [0.2, 0.25) is 0 Å². The van der Waals surface area contributed by atoms with Gasteiger partial charge < -0.3 is 10.2 Å². The lowest BCUT2D eigenvalue weighted by molar-refractivity contribution is 0.453. The Bertz CT molecular complexity index is 509. The van der Waals surface area contributed by atoms with E-state index in [0.29, 0.717) is 22.6 Å². The Labute approximate surface area is 109 Å². The number of thioether (sulfide) groups is 1. The molecule has 3 N–H and O–H groups in total. The number of nitrogens with one attached hydrogen (secondary N) is 1. The normalized spacial score (nSPS) is 10.2. The zero-order chi connectivity index (χ0) is 13.0. The minimum absolute atomic E-state index is 0.424. The molecule has 0 unspecified atom stereocenters. The molecule has 0 aliphatic carbocycles. The molecule has 94 valence electrons. The Morgan fingerprint density at radius 1 is 1.33 bits per heavy atom. The van der Waals surface area contributed by atoms with Crippen molar-refractivity contribution in [3.8, 4) is 11.6 Å². The first-order chi connectivity index (χ1) is 8.71. The van der Waals surface area contributed by atoms with Crippen LogP contribution < -0.4 is 16.0 Å². The van der Waals surface area contributed by atoms with Gasteiger partial charge >= 0.3 is 0 Å². The summed E-state index contributed by atoms with van der Waals surface area (Å²) in [7, 11) is 0. The van der Waals surface area contributed by atoms with Gasteiger partial charge in [-0.15, -0.1) is 0 Å². The summed E-state index contributed by atoms with van der Waals surface area (Å²) in [6.07, 6.45) is 3.53. The third-order valence-corrected chi connectivity index (χ3v) is 2.67. The summed E-state index contributed by atoms with van der Waals surface area (Å²) in [6, 6.07) is 5.33. The van der Waals surface area contributed by atoms with Gasteiger partial charge in [0.25, 0.3) is 0 Å². The molecule has 0 aliphatic heterocycles. The number of hydrazine groups is 1. The molecule has 6 nitrogen and oxygen atoms in total. The summed E-state index contributed by atoms with van der Waals surface area (Å²) in [6.45, 7) is 1.91. The lowest BCUT2D eigenvalue weighted by Crippen LogP contribution is -2.09. The molecule has 7 heteroatoms. The van der Waals surface area contributed by atoms with Crippen molar-refractivity contribution in [2.24, 2.45) is 5.84 Å². The number of nitrogens with two attached hydrogens (primary N) is 1. The summed E-state index contributed by atoms with van der Waals surface area (Å²) in [5.41, 5.74) is 3.41. The Morgan fingerprint density at radius 3 is 2.78 bits per heavy atom. The molecule has 2 rings (SSSR count). The van der Waals surface area contributed by atoms with E-state index in [0.717, 1.165) is 5.69 Å². The molecule has 2 heterocycles. The van der Waals surface area contributed by atoms with Gasteiger partial charge in [0.05, 0.1) is 6.20 Å². The molecule has 0 saturated carbocycles. The summed E-state index contributed by atoms with van der Waals surface area (Å²) in [4.78, 5) is 12.5. The molecule has 0 saturated heterocycles. The fourth-order valence-corrected chi connectivity index (χ4v) is 1.63. The van der Waals surface area contributed by atoms with Gasteiger partial charge in [0.2, 0.25) is 5.88 Å². The van der Waals surface area contributed by atoms with Crippen LogP contribution in [-0.4, -0.2) is 21.2 Å². The second-order valence-corrected chi connectivity index (χ2v) is 4.23. The van der Waals surface area contributed by atoms with Crippen LogP contribution in [-0.2, 0) is 0 Å². The number of hydrogen-bond donors (Lipinski definition) is 2. The van der Waals surface area contributed by atoms with Crippen LogP contribution in [0.3, 0.4) is 0 Å². The van der Waals surface area contributed by atoms with Crippen molar-refractivity contribution in [1.29, 1.82) is 0 Å². The summed E-state index contributed by atoms with van der Waals surface area (Å²) in [5, 5.41) is 0.584. The summed E-state index contributed by atoms with van der Waals surface area (Å²) in [5.74, 6) is 6.89. The predicted molar refractivity (Wildman–Crippen MR) is 70.7 cm³/mol.